The maximum absolute atomic E-state index is 5.89. The Kier molecular flexibility index (Phi) is 4.93. The van der Waals surface area contributed by atoms with E-state index in [0.717, 1.165) is 31.8 Å². The molecule has 0 saturated heterocycles. The van der Waals surface area contributed by atoms with Gasteiger partial charge < -0.3 is 9.47 Å². The summed E-state index contributed by atoms with van der Waals surface area (Å²) in [6, 6.07) is 18.4. The largest absolute Gasteiger partial charge is 0.465 e. The zero-order valence-electron chi connectivity index (χ0n) is 12.1. The number of ether oxygens (including phenoxy) is 2. The summed E-state index contributed by atoms with van der Waals surface area (Å²) in [6.07, 6.45) is 0. The van der Waals surface area contributed by atoms with Crippen LogP contribution in [-0.4, -0.2) is 13.9 Å². The number of hydrogen-bond acceptors (Lipinski definition) is 3. The van der Waals surface area contributed by atoms with E-state index in [2.05, 4.69) is 39.5 Å². The molecular weight excluding hydrogens is 360 g/mol. The fraction of sp³-hybridized carbons (Fsp3) is 0.111. The molecule has 22 heavy (non-hydrogen) atoms. The minimum atomic E-state index is 0.230. The number of methoxy groups -OCH3 is 1. The molecule has 0 amide bonds. The molecule has 112 valence electrons. The van der Waals surface area contributed by atoms with E-state index in [0.29, 0.717) is 0 Å². The molecule has 0 bridgehead atoms. The Morgan fingerprint density at radius 2 is 1.68 bits per heavy atom. The third-order valence-electron chi connectivity index (χ3n) is 3.27. The SMILES string of the molecule is COCOc1c(-c2ccccc2)csc1-c1ccccc1Br. The van der Waals surface area contributed by atoms with E-state index in [4.69, 9.17) is 9.47 Å². The molecule has 0 aliphatic heterocycles. The second-order valence-electron chi connectivity index (χ2n) is 4.70. The number of benzene rings is 2. The Morgan fingerprint density at radius 3 is 2.41 bits per heavy atom. The maximum Gasteiger partial charge on any atom is 0.188 e. The van der Waals surface area contributed by atoms with Gasteiger partial charge in [0.2, 0.25) is 0 Å². The smallest absolute Gasteiger partial charge is 0.188 e. The average Bonchev–Trinajstić information content (AvgIpc) is 2.97. The van der Waals surface area contributed by atoms with Crippen molar-refractivity contribution in [3.8, 4) is 27.3 Å². The first kappa shape index (κ1) is 15.3. The summed E-state index contributed by atoms with van der Waals surface area (Å²) in [5.41, 5.74) is 3.36. The first-order valence-corrected chi connectivity index (χ1v) is 8.52. The zero-order chi connectivity index (χ0) is 15.4. The van der Waals surface area contributed by atoms with Crippen molar-refractivity contribution in [3.05, 3.63) is 64.5 Å². The minimum Gasteiger partial charge on any atom is -0.465 e. The molecule has 0 aliphatic carbocycles. The van der Waals surface area contributed by atoms with Gasteiger partial charge in [-0.15, -0.1) is 11.3 Å². The molecule has 0 N–H and O–H groups in total. The summed E-state index contributed by atoms with van der Waals surface area (Å²) in [5, 5.41) is 2.13. The molecule has 3 rings (SSSR count). The Bertz CT molecular complexity index is 753. The van der Waals surface area contributed by atoms with Crippen LogP contribution in [0.25, 0.3) is 21.6 Å². The molecule has 0 spiro atoms. The second kappa shape index (κ2) is 7.09. The van der Waals surface area contributed by atoms with E-state index >= 15 is 0 Å². The van der Waals surface area contributed by atoms with Gasteiger partial charge in [0, 0.05) is 28.1 Å². The zero-order valence-corrected chi connectivity index (χ0v) is 14.5. The predicted octanol–water partition coefficient (Wildman–Crippen LogP) is 5.83. The lowest BCUT2D eigenvalue weighted by atomic mass is 10.1. The average molecular weight is 375 g/mol. The Morgan fingerprint density at radius 1 is 0.955 bits per heavy atom. The van der Waals surface area contributed by atoms with Crippen LogP contribution in [0.2, 0.25) is 0 Å². The molecule has 0 fully saturated rings. The van der Waals surface area contributed by atoms with E-state index in [9.17, 15) is 0 Å². The molecule has 0 saturated carbocycles. The molecule has 0 atom stereocenters. The predicted molar refractivity (Wildman–Crippen MR) is 95.4 cm³/mol. The number of rotatable bonds is 5. The Hall–Kier alpha value is -1.62. The lowest BCUT2D eigenvalue weighted by Gasteiger charge is -2.10. The van der Waals surface area contributed by atoms with Crippen molar-refractivity contribution in [1.82, 2.24) is 0 Å². The van der Waals surface area contributed by atoms with Crippen molar-refractivity contribution in [1.29, 1.82) is 0 Å². The van der Waals surface area contributed by atoms with Crippen LogP contribution in [0.15, 0.2) is 64.5 Å². The summed E-state index contributed by atoms with van der Waals surface area (Å²) >= 11 is 5.30. The number of thiophene rings is 1. The van der Waals surface area contributed by atoms with Gasteiger partial charge in [0.05, 0.1) is 4.88 Å². The van der Waals surface area contributed by atoms with E-state index in [-0.39, 0.29) is 6.79 Å². The van der Waals surface area contributed by atoms with E-state index in [1.54, 1.807) is 18.4 Å². The highest BCUT2D eigenvalue weighted by atomic mass is 79.9. The van der Waals surface area contributed by atoms with Crippen molar-refractivity contribution in [3.63, 3.8) is 0 Å². The molecule has 3 aromatic rings. The summed E-state index contributed by atoms with van der Waals surface area (Å²) in [5.74, 6) is 0.866. The van der Waals surface area contributed by atoms with Gasteiger partial charge in [-0.1, -0.05) is 64.5 Å². The van der Waals surface area contributed by atoms with Crippen LogP contribution < -0.4 is 4.74 Å². The summed E-state index contributed by atoms with van der Waals surface area (Å²) in [6.45, 7) is 0.230. The van der Waals surface area contributed by atoms with Crippen LogP contribution in [0.3, 0.4) is 0 Å². The van der Waals surface area contributed by atoms with Gasteiger partial charge in [-0.25, -0.2) is 0 Å². The summed E-state index contributed by atoms with van der Waals surface area (Å²) in [4.78, 5) is 1.10. The third-order valence-corrected chi connectivity index (χ3v) is 4.96. The monoisotopic (exact) mass is 374 g/mol. The van der Waals surface area contributed by atoms with Gasteiger partial charge in [-0.3, -0.25) is 0 Å². The lowest BCUT2D eigenvalue weighted by molar-refractivity contribution is 0.0522. The van der Waals surface area contributed by atoms with Crippen LogP contribution >= 0.6 is 27.3 Å². The normalized spacial score (nSPS) is 10.6. The van der Waals surface area contributed by atoms with Gasteiger partial charge in [-0.2, -0.15) is 0 Å². The van der Waals surface area contributed by atoms with Crippen LogP contribution in [0.4, 0.5) is 0 Å². The number of halogens is 1. The topological polar surface area (TPSA) is 18.5 Å². The highest BCUT2D eigenvalue weighted by molar-refractivity contribution is 9.10. The highest BCUT2D eigenvalue weighted by Gasteiger charge is 2.17. The van der Waals surface area contributed by atoms with Crippen molar-refractivity contribution in [2.24, 2.45) is 0 Å². The van der Waals surface area contributed by atoms with Gasteiger partial charge >= 0.3 is 0 Å². The quantitative estimate of drug-likeness (QED) is 0.523. The first-order chi connectivity index (χ1) is 10.8. The minimum absolute atomic E-state index is 0.230. The molecule has 0 aliphatic rings. The number of hydrogen-bond donors (Lipinski definition) is 0. The fourth-order valence-corrected chi connectivity index (χ4v) is 3.93. The standard InChI is InChI=1S/C18H15BrO2S/c1-20-12-21-17-15(13-7-3-2-4-8-13)11-22-18(17)14-9-5-6-10-16(14)19/h2-11H,12H2,1H3. The Balaban J connectivity index is 2.12. The molecule has 1 aromatic heterocycles. The second-order valence-corrected chi connectivity index (χ2v) is 6.44. The van der Waals surface area contributed by atoms with E-state index in [1.807, 2.05) is 36.4 Å². The van der Waals surface area contributed by atoms with Gasteiger partial charge in [-0.05, 0) is 11.6 Å². The molecule has 2 aromatic carbocycles. The van der Waals surface area contributed by atoms with Crippen LogP contribution in [0, 0.1) is 0 Å². The van der Waals surface area contributed by atoms with Crippen molar-refractivity contribution < 1.29 is 9.47 Å². The van der Waals surface area contributed by atoms with E-state index < -0.39 is 0 Å². The summed E-state index contributed by atoms with van der Waals surface area (Å²) < 4.78 is 12.0. The summed E-state index contributed by atoms with van der Waals surface area (Å²) in [7, 11) is 1.63. The van der Waals surface area contributed by atoms with Crippen LogP contribution in [0.1, 0.15) is 0 Å². The van der Waals surface area contributed by atoms with Gasteiger partial charge in [0.25, 0.3) is 0 Å². The molecule has 2 nitrogen and oxygen atoms in total. The van der Waals surface area contributed by atoms with Crippen LogP contribution in [-0.2, 0) is 4.74 Å². The molecule has 0 radical (unpaired) electrons. The molecule has 1 heterocycles. The highest BCUT2D eigenvalue weighted by Crippen LogP contribution is 2.46. The maximum atomic E-state index is 5.89. The van der Waals surface area contributed by atoms with Gasteiger partial charge in [0.1, 0.15) is 5.75 Å². The van der Waals surface area contributed by atoms with Crippen molar-refractivity contribution >= 4 is 27.3 Å². The first-order valence-electron chi connectivity index (χ1n) is 6.85. The third kappa shape index (κ3) is 3.09. The molecular formula is C18H15BrO2S. The van der Waals surface area contributed by atoms with E-state index in [1.165, 1.54) is 0 Å². The lowest BCUT2D eigenvalue weighted by Crippen LogP contribution is -2.00. The van der Waals surface area contributed by atoms with Gasteiger partial charge in [0.15, 0.2) is 6.79 Å². The van der Waals surface area contributed by atoms with Crippen LogP contribution in [0.5, 0.6) is 5.75 Å². The molecule has 0 unspecified atom stereocenters. The van der Waals surface area contributed by atoms with Crippen molar-refractivity contribution in [2.45, 2.75) is 0 Å². The fourth-order valence-electron chi connectivity index (χ4n) is 2.26. The Labute approximate surface area is 142 Å². The van der Waals surface area contributed by atoms with Crippen molar-refractivity contribution in [2.75, 3.05) is 13.9 Å². The molecule has 4 heteroatoms.